The molecule has 3 rings (SSSR count). The van der Waals surface area contributed by atoms with Gasteiger partial charge in [0.2, 0.25) is 0 Å². The van der Waals surface area contributed by atoms with Crippen molar-refractivity contribution in [3.05, 3.63) is 30.5 Å². The van der Waals surface area contributed by atoms with E-state index in [0.717, 1.165) is 49.2 Å². The van der Waals surface area contributed by atoms with Crippen LogP contribution in [-0.4, -0.2) is 47.3 Å². The molecule has 0 amide bonds. The summed E-state index contributed by atoms with van der Waals surface area (Å²) in [5.74, 6) is 0. The molecule has 0 spiro atoms. The highest BCUT2D eigenvalue weighted by Crippen LogP contribution is 2.25. The molecule has 0 aliphatic carbocycles. The summed E-state index contributed by atoms with van der Waals surface area (Å²) in [6, 6.07) is 10.5. The van der Waals surface area contributed by atoms with Gasteiger partial charge in [-0.15, -0.1) is 0 Å². The van der Waals surface area contributed by atoms with E-state index in [0.29, 0.717) is 0 Å². The molecule has 1 aromatic carbocycles. The molecule has 108 valence electrons. The van der Waals surface area contributed by atoms with Gasteiger partial charge in [0.05, 0.1) is 29.5 Å². The first-order valence-corrected chi connectivity index (χ1v) is 7.42. The van der Waals surface area contributed by atoms with Crippen LogP contribution in [0.4, 0.5) is 5.69 Å². The van der Waals surface area contributed by atoms with Gasteiger partial charge in [-0.3, -0.25) is 4.90 Å². The fraction of sp³-hybridized carbons (Fsp3) is 0.438. The number of anilines is 1. The average Bonchev–Trinajstić information content (AvgIpc) is 2.56. The van der Waals surface area contributed by atoms with E-state index in [1.54, 1.807) is 0 Å². The van der Waals surface area contributed by atoms with Crippen LogP contribution < -0.4 is 4.90 Å². The number of fused-ring (bicyclic) bond motifs is 1. The van der Waals surface area contributed by atoms with Crippen molar-refractivity contribution in [1.29, 1.82) is 5.26 Å². The molecule has 21 heavy (non-hydrogen) atoms. The van der Waals surface area contributed by atoms with Crippen molar-refractivity contribution in [1.82, 2.24) is 15.1 Å². The first-order valence-electron chi connectivity index (χ1n) is 7.42. The third kappa shape index (κ3) is 2.67. The largest absolute Gasteiger partial charge is 0.367 e. The Balaban J connectivity index is 1.79. The molecule has 1 aliphatic heterocycles. The molecular weight excluding hydrogens is 262 g/mol. The summed E-state index contributed by atoms with van der Waals surface area (Å²) in [6.45, 7) is 5.76. The summed E-state index contributed by atoms with van der Waals surface area (Å²) in [6.07, 6.45) is 2.73. The summed E-state index contributed by atoms with van der Waals surface area (Å²) in [7, 11) is 0. The minimum Gasteiger partial charge on any atom is -0.367 e. The van der Waals surface area contributed by atoms with Crippen molar-refractivity contribution in [2.45, 2.75) is 19.4 Å². The standard InChI is InChI=1S/C16H19N5/c1-2-13(11-17)20-7-9-21(10-8-20)16-12-18-19-15-6-4-3-5-14(15)16/h3-6,12-13H,2,7-10H2,1H3. The van der Waals surface area contributed by atoms with Crippen molar-refractivity contribution in [3.8, 4) is 6.07 Å². The van der Waals surface area contributed by atoms with Crippen LogP contribution in [0.1, 0.15) is 13.3 Å². The molecule has 5 nitrogen and oxygen atoms in total. The van der Waals surface area contributed by atoms with E-state index in [4.69, 9.17) is 0 Å². The Morgan fingerprint density at radius 2 is 2.00 bits per heavy atom. The van der Waals surface area contributed by atoms with Crippen LogP contribution in [0, 0.1) is 11.3 Å². The predicted molar refractivity (Wildman–Crippen MR) is 83.0 cm³/mol. The number of benzene rings is 1. The Bertz CT molecular complexity index is 650. The molecule has 2 aromatic rings. The number of rotatable bonds is 3. The summed E-state index contributed by atoms with van der Waals surface area (Å²) >= 11 is 0. The zero-order chi connectivity index (χ0) is 14.7. The lowest BCUT2D eigenvalue weighted by molar-refractivity contribution is 0.216. The van der Waals surface area contributed by atoms with E-state index in [1.165, 1.54) is 0 Å². The molecule has 0 saturated carbocycles. The maximum Gasteiger partial charge on any atom is 0.0976 e. The Hall–Kier alpha value is -2.19. The molecule has 1 aromatic heterocycles. The van der Waals surface area contributed by atoms with Crippen LogP contribution >= 0.6 is 0 Å². The van der Waals surface area contributed by atoms with Gasteiger partial charge in [0.15, 0.2) is 0 Å². The normalized spacial score (nSPS) is 17.6. The van der Waals surface area contributed by atoms with Crippen LogP contribution in [0.2, 0.25) is 0 Å². The van der Waals surface area contributed by atoms with E-state index in [9.17, 15) is 5.26 Å². The number of hydrogen-bond acceptors (Lipinski definition) is 5. The van der Waals surface area contributed by atoms with E-state index >= 15 is 0 Å². The monoisotopic (exact) mass is 281 g/mol. The smallest absolute Gasteiger partial charge is 0.0976 e. The molecule has 1 unspecified atom stereocenters. The van der Waals surface area contributed by atoms with Crippen molar-refractivity contribution in [3.63, 3.8) is 0 Å². The van der Waals surface area contributed by atoms with Gasteiger partial charge in [0.1, 0.15) is 0 Å². The Labute approximate surface area is 124 Å². The number of aromatic nitrogens is 2. The lowest BCUT2D eigenvalue weighted by atomic mass is 10.1. The second-order valence-electron chi connectivity index (χ2n) is 5.32. The van der Waals surface area contributed by atoms with Gasteiger partial charge in [-0.2, -0.15) is 15.5 Å². The van der Waals surface area contributed by atoms with Gasteiger partial charge < -0.3 is 4.90 Å². The SMILES string of the molecule is CCC(C#N)N1CCN(c2cnnc3ccccc23)CC1. The van der Waals surface area contributed by atoms with Crippen LogP contribution in [0.3, 0.4) is 0 Å². The Morgan fingerprint density at radius 3 is 2.71 bits per heavy atom. The van der Waals surface area contributed by atoms with Gasteiger partial charge in [0.25, 0.3) is 0 Å². The van der Waals surface area contributed by atoms with Gasteiger partial charge in [-0.1, -0.05) is 25.1 Å². The second-order valence-corrected chi connectivity index (χ2v) is 5.32. The molecule has 5 heteroatoms. The van der Waals surface area contributed by atoms with Crippen LogP contribution in [-0.2, 0) is 0 Å². The first kappa shape index (κ1) is 13.8. The fourth-order valence-electron chi connectivity index (χ4n) is 2.95. The minimum atomic E-state index is 0.0412. The summed E-state index contributed by atoms with van der Waals surface area (Å²) in [5.41, 5.74) is 2.08. The highest BCUT2D eigenvalue weighted by atomic mass is 15.3. The van der Waals surface area contributed by atoms with Crippen LogP contribution in [0.15, 0.2) is 30.5 Å². The second kappa shape index (κ2) is 6.06. The molecule has 0 bridgehead atoms. The number of nitrogens with zero attached hydrogens (tertiary/aromatic N) is 5. The van der Waals surface area contributed by atoms with Crippen molar-refractivity contribution in [2.75, 3.05) is 31.1 Å². The van der Waals surface area contributed by atoms with E-state index < -0.39 is 0 Å². The highest BCUT2D eigenvalue weighted by molar-refractivity contribution is 5.90. The minimum absolute atomic E-state index is 0.0412. The lowest BCUT2D eigenvalue weighted by Gasteiger charge is -2.38. The maximum absolute atomic E-state index is 9.18. The van der Waals surface area contributed by atoms with E-state index in [2.05, 4.69) is 39.1 Å². The predicted octanol–water partition coefficient (Wildman–Crippen LogP) is 2.05. The molecule has 0 radical (unpaired) electrons. The zero-order valence-corrected chi connectivity index (χ0v) is 12.2. The third-order valence-electron chi connectivity index (χ3n) is 4.16. The van der Waals surface area contributed by atoms with Crippen molar-refractivity contribution >= 4 is 16.6 Å². The van der Waals surface area contributed by atoms with Crippen LogP contribution in [0.25, 0.3) is 10.9 Å². The molecule has 1 aliphatic rings. The van der Waals surface area contributed by atoms with Crippen molar-refractivity contribution < 1.29 is 0 Å². The maximum atomic E-state index is 9.18. The number of piperazine rings is 1. The number of nitriles is 1. The quantitative estimate of drug-likeness (QED) is 0.862. The van der Waals surface area contributed by atoms with Crippen molar-refractivity contribution in [2.24, 2.45) is 0 Å². The average molecular weight is 281 g/mol. The summed E-state index contributed by atoms with van der Waals surface area (Å²) in [4.78, 5) is 4.62. The molecule has 1 fully saturated rings. The summed E-state index contributed by atoms with van der Waals surface area (Å²) < 4.78 is 0. The zero-order valence-electron chi connectivity index (χ0n) is 12.2. The van der Waals surface area contributed by atoms with E-state index in [-0.39, 0.29) is 6.04 Å². The van der Waals surface area contributed by atoms with Crippen LogP contribution in [0.5, 0.6) is 0 Å². The molecule has 0 N–H and O–H groups in total. The molecular formula is C16H19N5. The van der Waals surface area contributed by atoms with Gasteiger partial charge >= 0.3 is 0 Å². The van der Waals surface area contributed by atoms with Gasteiger partial charge in [-0.05, 0) is 12.5 Å². The molecule has 1 saturated heterocycles. The number of hydrogen-bond donors (Lipinski definition) is 0. The van der Waals surface area contributed by atoms with Gasteiger partial charge in [0, 0.05) is 31.6 Å². The third-order valence-corrected chi connectivity index (χ3v) is 4.16. The molecule has 2 heterocycles. The Morgan fingerprint density at radius 1 is 1.24 bits per heavy atom. The summed E-state index contributed by atoms with van der Waals surface area (Å²) in [5, 5.41) is 18.6. The first-order chi connectivity index (χ1) is 10.3. The fourth-order valence-corrected chi connectivity index (χ4v) is 2.95. The lowest BCUT2D eigenvalue weighted by Crippen LogP contribution is -2.50. The van der Waals surface area contributed by atoms with Gasteiger partial charge in [-0.25, -0.2) is 0 Å². The van der Waals surface area contributed by atoms with E-state index in [1.807, 2.05) is 24.4 Å². The molecule has 1 atom stereocenters. The topological polar surface area (TPSA) is 56.1 Å². The highest BCUT2D eigenvalue weighted by Gasteiger charge is 2.23. The Kier molecular flexibility index (Phi) is 3.98.